The van der Waals surface area contributed by atoms with Gasteiger partial charge in [-0.1, -0.05) is 0 Å². The van der Waals surface area contributed by atoms with Crippen molar-refractivity contribution in [2.45, 2.75) is 6.18 Å². The first-order valence-corrected chi connectivity index (χ1v) is 4.78. The van der Waals surface area contributed by atoms with Gasteiger partial charge in [-0.25, -0.2) is 4.98 Å². The number of alkyl halides is 3. The Labute approximate surface area is 100.0 Å². The molecular formula is C10H9F3N2O3. The molecule has 1 heterocycles. The molecule has 0 saturated heterocycles. The molecule has 1 aromatic heterocycles. The molecule has 1 rings (SSSR count). The number of hydrogen-bond acceptors (Lipinski definition) is 4. The number of pyridine rings is 1. The van der Waals surface area contributed by atoms with Gasteiger partial charge in [-0.3, -0.25) is 9.59 Å². The van der Waals surface area contributed by atoms with E-state index >= 15 is 0 Å². The predicted octanol–water partition coefficient (Wildman–Crippen LogP) is 0.951. The third-order valence-corrected chi connectivity index (χ3v) is 1.74. The molecule has 98 valence electrons. The molecule has 0 atom stereocenters. The van der Waals surface area contributed by atoms with Crippen LogP contribution < -0.4 is 10.1 Å². The highest BCUT2D eigenvalue weighted by Gasteiger charge is 2.27. The third-order valence-electron chi connectivity index (χ3n) is 1.74. The molecule has 0 saturated carbocycles. The summed E-state index contributed by atoms with van der Waals surface area (Å²) in [6.45, 7) is -1.96. The van der Waals surface area contributed by atoms with Crippen LogP contribution in [0.25, 0.3) is 0 Å². The van der Waals surface area contributed by atoms with E-state index in [0.29, 0.717) is 6.29 Å². The molecule has 0 unspecified atom stereocenters. The summed E-state index contributed by atoms with van der Waals surface area (Å²) in [5.41, 5.74) is 0.184. The van der Waals surface area contributed by atoms with Gasteiger partial charge in [0.25, 0.3) is 5.91 Å². The molecule has 0 radical (unpaired) electrons. The van der Waals surface area contributed by atoms with E-state index in [4.69, 9.17) is 4.74 Å². The number of halogens is 3. The van der Waals surface area contributed by atoms with E-state index in [1.807, 2.05) is 0 Å². The Balaban J connectivity index is 2.35. The lowest BCUT2D eigenvalue weighted by Crippen LogP contribution is -2.36. The van der Waals surface area contributed by atoms with E-state index in [1.54, 1.807) is 5.32 Å². The Morgan fingerprint density at radius 3 is 2.67 bits per heavy atom. The molecule has 0 aliphatic heterocycles. The van der Waals surface area contributed by atoms with Gasteiger partial charge < -0.3 is 10.1 Å². The number of hydrogen-bond donors (Lipinski definition) is 1. The summed E-state index contributed by atoms with van der Waals surface area (Å²) >= 11 is 0. The first-order valence-electron chi connectivity index (χ1n) is 4.78. The molecule has 18 heavy (non-hydrogen) atoms. The smallest absolute Gasteiger partial charge is 0.405 e. The van der Waals surface area contributed by atoms with Gasteiger partial charge in [-0.15, -0.1) is 0 Å². The molecule has 0 bridgehead atoms. The van der Waals surface area contributed by atoms with Crippen molar-refractivity contribution in [1.82, 2.24) is 10.3 Å². The van der Waals surface area contributed by atoms with E-state index in [2.05, 4.69) is 4.98 Å². The Kier molecular flexibility index (Phi) is 4.64. The summed E-state index contributed by atoms with van der Waals surface area (Å²) in [4.78, 5) is 24.9. The maximum absolute atomic E-state index is 11.8. The molecule has 1 amide bonds. The minimum absolute atomic E-state index is 0.183. The number of rotatable bonds is 5. The number of nitrogens with one attached hydrogen (secondary N) is 1. The first kappa shape index (κ1) is 13.9. The maximum atomic E-state index is 11.8. The fraction of sp³-hybridized carbons (Fsp3) is 0.300. The van der Waals surface area contributed by atoms with Crippen molar-refractivity contribution in [3.8, 4) is 5.75 Å². The summed E-state index contributed by atoms with van der Waals surface area (Å²) in [6, 6.07) is 2.74. The Morgan fingerprint density at radius 2 is 2.17 bits per heavy atom. The fourth-order valence-electron chi connectivity index (χ4n) is 0.946. The Morgan fingerprint density at radius 1 is 1.44 bits per heavy atom. The van der Waals surface area contributed by atoms with Crippen molar-refractivity contribution in [2.75, 3.05) is 13.2 Å². The van der Waals surface area contributed by atoms with Gasteiger partial charge in [0.15, 0.2) is 12.9 Å². The summed E-state index contributed by atoms with van der Waals surface area (Å²) < 4.78 is 40.2. The number of carbonyl (C=O) groups excluding carboxylic acids is 2. The van der Waals surface area contributed by atoms with E-state index in [0.717, 1.165) is 0 Å². The van der Waals surface area contributed by atoms with Crippen LogP contribution in [0.4, 0.5) is 13.2 Å². The van der Waals surface area contributed by atoms with E-state index < -0.39 is 25.2 Å². The standard InChI is InChI=1S/C10H9F3N2O3/c11-10(12,13)6-15-9(17)5-18-8-2-1-7(4-16)14-3-8/h1-4H,5-6H2,(H,15,17). The number of nitrogens with zero attached hydrogens (tertiary/aromatic N) is 1. The minimum Gasteiger partial charge on any atom is -0.482 e. The third kappa shape index (κ3) is 5.28. The van der Waals surface area contributed by atoms with Gasteiger partial charge in [-0.05, 0) is 12.1 Å². The second-order valence-corrected chi connectivity index (χ2v) is 3.22. The number of carbonyl (C=O) groups is 2. The van der Waals surface area contributed by atoms with Crippen LogP contribution in [0.3, 0.4) is 0 Å². The maximum Gasteiger partial charge on any atom is 0.405 e. The molecule has 0 fully saturated rings. The summed E-state index contributed by atoms with van der Waals surface area (Å²) in [5, 5.41) is 1.65. The molecule has 0 aliphatic rings. The van der Waals surface area contributed by atoms with Crippen LogP contribution in [-0.2, 0) is 4.79 Å². The van der Waals surface area contributed by atoms with Crippen LogP contribution in [0.2, 0.25) is 0 Å². The normalized spacial score (nSPS) is 10.8. The van der Waals surface area contributed by atoms with Crippen LogP contribution in [-0.4, -0.2) is 36.5 Å². The second-order valence-electron chi connectivity index (χ2n) is 3.22. The second kappa shape index (κ2) is 5.99. The molecule has 1 N–H and O–H groups in total. The van der Waals surface area contributed by atoms with Gasteiger partial charge in [0.05, 0.1) is 6.20 Å². The molecule has 5 nitrogen and oxygen atoms in total. The van der Waals surface area contributed by atoms with Crippen molar-refractivity contribution in [2.24, 2.45) is 0 Å². The Bertz CT molecular complexity index is 417. The largest absolute Gasteiger partial charge is 0.482 e. The van der Waals surface area contributed by atoms with E-state index in [1.165, 1.54) is 18.3 Å². The quantitative estimate of drug-likeness (QED) is 0.802. The van der Waals surface area contributed by atoms with Crippen LogP contribution in [0.5, 0.6) is 5.75 Å². The average Bonchev–Trinajstić information content (AvgIpc) is 2.33. The lowest BCUT2D eigenvalue weighted by Gasteiger charge is -2.09. The highest BCUT2D eigenvalue weighted by molar-refractivity contribution is 5.77. The summed E-state index contributed by atoms with van der Waals surface area (Å²) in [6.07, 6.45) is -2.73. The van der Waals surface area contributed by atoms with Crippen molar-refractivity contribution < 1.29 is 27.5 Å². The number of ether oxygens (including phenoxy) is 1. The molecular weight excluding hydrogens is 253 g/mol. The zero-order chi connectivity index (χ0) is 13.6. The van der Waals surface area contributed by atoms with Crippen LogP contribution in [0.15, 0.2) is 18.3 Å². The van der Waals surface area contributed by atoms with Crippen molar-refractivity contribution in [1.29, 1.82) is 0 Å². The molecule has 1 aromatic rings. The zero-order valence-corrected chi connectivity index (χ0v) is 9.03. The van der Waals surface area contributed by atoms with Gasteiger partial charge >= 0.3 is 6.18 Å². The monoisotopic (exact) mass is 262 g/mol. The molecule has 0 aromatic carbocycles. The van der Waals surface area contributed by atoms with E-state index in [9.17, 15) is 22.8 Å². The zero-order valence-electron chi connectivity index (χ0n) is 9.03. The predicted molar refractivity (Wildman–Crippen MR) is 54.2 cm³/mol. The van der Waals surface area contributed by atoms with Gasteiger partial charge in [0.2, 0.25) is 0 Å². The summed E-state index contributed by atoms with van der Waals surface area (Å²) in [7, 11) is 0. The Hall–Kier alpha value is -2.12. The number of amides is 1. The average molecular weight is 262 g/mol. The number of aromatic nitrogens is 1. The first-order chi connectivity index (χ1) is 8.40. The van der Waals surface area contributed by atoms with Crippen molar-refractivity contribution in [3.63, 3.8) is 0 Å². The van der Waals surface area contributed by atoms with Gasteiger partial charge in [0.1, 0.15) is 18.0 Å². The van der Waals surface area contributed by atoms with Crippen LogP contribution in [0, 0.1) is 0 Å². The molecule has 0 spiro atoms. The fourth-order valence-corrected chi connectivity index (χ4v) is 0.946. The lowest BCUT2D eigenvalue weighted by atomic mass is 10.4. The molecule has 0 aliphatic carbocycles. The van der Waals surface area contributed by atoms with Crippen molar-refractivity contribution in [3.05, 3.63) is 24.0 Å². The van der Waals surface area contributed by atoms with Crippen LogP contribution in [0.1, 0.15) is 10.5 Å². The van der Waals surface area contributed by atoms with E-state index in [-0.39, 0.29) is 11.4 Å². The highest BCUT2D eigenvalue weighted by atomic mass is 19.4. The topological polar surface area (TPSA) is 68.3 Å². The summed E-state index contributed by atoms with van der Waals surface area (Å²) in [5.74, 6) is -0.713. The lowest BCUT2D eigenvalue weighted by molar-refractivity contribution is -0.139. The highest BCUT2D eigenvalue weighted by Crippen LogP contribution is 2.12. The van der Waals surface area contributed by atoms with Gasteiger partial charge in [-0.2, -0.15) is 13.2 Å². The van der Waals surface area contributed by atoms with Crippen LogP contribution >= 0.6 is 0 Å². The minimum atomic E-state index is -4.46. The SMILES string of the molecule is O=Cc1ccc(OCC(=O)NCC(F)(F)F)cn1. The molecule has 8 heteroatoms. The number of aldehydes is 1. The van der Waals surface area contributed by atoms with Gasteiger partial charge in [0, 0.05) is 0 Å². The van der Waals surface area contributed by atoms with Crippen molar-refractivity contribution >= 4 is 12.2 Å².